The first-order chi connectivity index (χ1) is 9.50. The van der Waals surface area contributed by atoms with Crippen molar-refractivity contribution in [3.05, 3.63) is 52.8 Å². The van der Waals surface area contributed by atoms with Gasteiger partial charge in [-0.1, -0.05) is 24.3 Å². The first-order valence-corrected chi connectivity index (χ1v) is 7.80. The van der Waals surface area contributed by atoms with Crippen molar-refractivity contribution in [2.45, 2.75) is 25.8 Å². The number of nitrogens with zero attached hydrogens (tertiary/aromatic N) is 1. The minimum absolute atomic E-state index is 0.0505. The van der Waals surface area contributed by atoms with Crippen molar-refractivity contribution >= 4 is 10.0 Å². The molecule has 6 nitrogen and oxygen atoms in total. The SMILES string of the molecule is Cc1[nH]ncc1CNS(=O)(=O)Cc1ccc(CO)cc1. The van der Waals surface area contributed by atoms with Crippen molar-refractivity contribution in [2.75, 3.05) is 0 Å². The highest BCUT2D eigenvalue weighted by Gasteiger charge is 2.12. The van der Waals surface area contributed by atoms with Gasteiger partial charge in [-0.25, -0.2) is 13.1 Å². The highest BCUT2D eigenvalue weighted by molar-refractivity contribution is 7.88. The van der Waals surface area contributed by atoms with Crippen LogP contribution in [0.2, 0.25) is 0 Å². The Balaban J connectivity index is 1.98. The van der Waals surface area contributed by atoms with Gasteiger partial charge in [0, 0.05) is 17.8 Å². The lowest BCUT2D eigenvalue weighted by Gasteiger charge is -2.07. The third-order valence-electron chi connectivity index (χ3n) is 2.98. The molecule has 0 aliphatic rings. The molecule has 1 aromatic carbocycles. The molecule has 2 rings (SSSR count). The zero-order valence-corrected chi connectivity index (χ0v) is 11.9. The third-order valence-corrected chi connectivity index (χ3v) is 4.28. The number of aliphatic hydroxyl groups excluding tert-OH is 1. The standard InChI is InChI=1S/C13H17N3O3S/c1-10-13(6-14-16-10)7-15-20(18,19)9-12-4-2-11(8-17)3-5-12/h2-6,15,17H,7-9H2,1H3,(H,14,16). The predicted molar refractivity (Wildman–Crippen MR) is 75.2 cm³/mol. The van der Waals surface area contributed by atoms with Crippen molar-refractivity contribution in [2.24, 2.45) is 0 Å². The lowest BCUT2D eigenvalue weighted by Crippen LogP contribution is -2.24. The van der Waals surface area contributed by atoms with Crippen molar-refractivity contribution in [3.63, 3.8) is 0 Å². The lowest BCUT2D eigenvalue weighted by molar-refractivity contribution is 0.282. The van der Waals surface area contributed by atoms with Crippen LogP contribution in [0.3, 0.4) is 0 Å². The average Bonchev–Trinajstić information content (AvgIpc) is 2.83. The van der Waals surface area contributed by atoms with Crippen LogP contribution in [0.15, 0.2) is 30.5 Å². The van der Waals surface area contributed by atoms with E-state index in [1.807, 2.05) is 6.92 Å². The largest absolute Gasteiger partial charge is 0.392 e. The molecule has 0 saturated heterocycles. The predicted octanol–water partition coefficient (Wildman–Crippen LogP) is 0.830. The van der Waals surface area contributed by atoms with E-state index in [2.05, 4.69) is 14.9 Å². The summed E-state index contributed by atoms with van der Waals surface area (Å²) >= 11 is 0. The van der Waals surface area contributed by atoms with Crippen molar-refractivity contribution in [1.82, 2.24) is 14.9 Å². The van der Waals surface area contributed by atoms with Crippen LogP contribution >= 0.6 is 0 Å². The number of sulfonamides is 1. The summed E-state index contributed by atoms with van der Waals surface area (Å²) in [6.45, 7) is 2.01. The molecule has 0 amide bonds. The van der Waals surface area contributed by atoms with Gasteiger partial charge in [0.15, 0.2) is 0 Å². The number of rotatable bonds is 6. The first kappa shape index (κ1) is 14.7. The Morgan fingerprint density at radius 3 is 2.45 bits per heavy atom. The Morgan fingerprint density at radius 1 is 1.25 bits per heavy atom. The maximum absolute atomic E-state index is 12.0. The zero-order valence-electron chi connectivity index (χ0n) is 11.1. The Hall–Kier alpha value is -1.70. The summed E-state index contributed by atoms with van der Waals surface area (Å²) < 4.78 is 26.5. The van der Waals surface area contributed by atoms with Crippen LogP contribution in [0.25, 0.3) is 0 Å². The van der Waals surface area contributed by atoms with Crippen LogP contribution in [-0.4, -0.2) is 23.7 Å². The van der Waals surface area contributed by atoms with E-state index in [4.69, 9.17) is 5.11 Å². The lowest BCUT2D eigenvalue weighted by atomic mass is 10.2. The normalized spacial score (nSPS) is 11.7. The first-order valence-electron chi connectivity index (χ1n) is 6.15. The van der Waals surface area contributed by atoms with Gasteiger partial charge in [-0.3, -0.25) is 5.10 Å². The van der Waals surface area contributed by atoms with Crippen LogP contribution in [-0.2, 0) is 28.9 Å². The van der Waals surface area contributed by atoms with Crippen molar-refractivity contribution < 1.29 is 13.5 Å². The van der Waals surface area contributed by atoms with E-state index >= 15 is 0 Å². The van der Waals surface area contributed by atoms with Crippen LogP contribution in [0, 0.1) is 6.92 Å². The summed E-state index contributed by atoms with van der Waals surface area (Å²) in [5.41, 5.74) is 3.11. The molecule has 0 unspecified atom stereocenters. The Kier molecular flexibility index (Phi) is 4.53. The van der Waals surface area contributed by atoms with Gasteiger partial charge in [0.05, 0.1) is 18.6 Å². The van der Waals surface area contributed by atoms with E-state index in [0.29, 0.717) is 5.56 Å². The van der Waals surface area contributed by atoms with Gasteiger partial charge in [-0.2, -0.15) is 5.10 Å². The number of nitrogens with one attached hydrogen (secondary N) is 2. The fourth-order valence-corrected chi connectivity index (χ4v) is 2.86. The van der Waals surface area contributed by atoms with Crippen LogP contribution in [0.4, 0.5) is 0 Å². The molecular formula is C13H17N3O3S. The van der Waals surface area contributed by atoms with E-state index in [9.17, 15) is 8.42 Å². The van der Waals surface area contributed by atoms with Gasteiger partial charge < -0.3 is 5.11 Å². The summed E-state index contributed by atoms with van der Waals surface area (Å²) in [5.74, 6) is -0.0877. The van der Waals surface area contributed by atoms with E-state index in [1.165, 1.54) is 0 Å². The molecule has 108 valence electrons. The number of hydrogen-bond donors (Lipinski definition) is 3. The van der Waals surface area contributed by atoms with Crippen molar-refractivity contribution in [3.8, 4) is 0 Å². The Bertz CT molecular complexity index is 662. The van der Waals surface area contributed by atoms with Crippen LogP contribution in [0.5, 0.6) is 0 Å². The molecule has 7 heteroatoms. The number of aromatic nitrogens is 2. The fraction of sp³-hybridized carbons (Fsp3) is 0.308. The number of aryl methyl sites for hydroxylation is 1. The highest BCUT2D eigenvalue weighted by atomic mass is 32.2. The van der Waals surface area contributed by atoms with E-state index in [-0.39, 0.29) is 18.9 Å². The molecule has 1 heterocycles. The van der Waals surface area contributed by atoms with Gasteiger partial charge in [0.1, 0.15) is 0 Å². The summed E-state index contributed by atoms with van der Waals surface area (Å²) in [6.07, 6.45) is 1.61. The zero-order chi connectivity index (χ0) is 14.6. The third kappa shape index (κ3) is 3.89. The second kappa shape index (κ2) is 6.17. The monoisotopic (exact) mass is 295 g/mol. The molecule has 1 aromatic heterocycles. The Labute approximate surface area is 117 Å². The smallest absolute Gasteiger partial charge is 0.216 e. The number of aliphatic hydroxyl groups is 1. The second-order valence-corrected chi connectivity index (χ2v) is 6.38. The number of H-pyrrole nitrogens is 1. The molecule has 20 heavy (non-hydrogen) atoms. The molecule has 0 radical (unpaired) electrons. The maximum Gasteiger partial charge on any atom is 0.216 e. The molecule has 3 N–H and O–H groups in total. The molecule has 0 spiro atoms. The second-order valence-electron chi connectivity index (χ2n) is 4.58. The molecule has 0 bridgehead atoms. The molecule has 0 atom stereocenters. The van der Waals surface area contributed by atoms with E-state index in [1.54, 1.807) is 30.5 Å². The summed E-state index contributed by atoms with van der Waals surface area (Å²) in [7, 11) is -3.40. The summed E-state index contributed by atoms with van der Waals surface area (Å²) in [4.78, 5) is 0. The van der Waals surface area contributed by atoms with E-state index in [0.717, 1.165) is 16.8 Å². The van der Waals surface area contributed by atoms with Crippen LogP contribution in [0.1, 0.15) is 22.4 Å². The number of hydrogen-bond acceptors (Lipinski definition) is 4. The van der Waals surface area contributed by atoms with E-state index < -0.39 is 10.0 Å². The topological polar surface area (TPSA) is 95.1 Å². The maximum atomic E-state index is 12.0. The van der Waals surface area contributed by atoms with Gasteiger partial charge in [-0.15, -0.1) is 0 Å². The number of aromatic amines is 1. The van der Waals surface area contributed by atoms with Gasteiger partial charge in [0.25, 0.3) is 0 Å². The molecule has 2 aromatic rings. The molecular weight excluding hydrogens is 278 g/mol. The minimum Gasteiger partial charge on any atom is -0.392 e. The molecule has 0 aliphatic heterocycles. The highest BCUT2D eigenvalue weighted by Crippen LogP contribution is 2.09. The molecule has 0 fully saturated rings. The van der Waals surface area contributed by atoms with Gasteiger partial charge >= 0.3 is 0 Å². The van der Waals surface area contributed by atoms with Gasteiger partial charge in [0.2, 0.25) is 10.0 Å². The quantitative estimate of drug-likeness (QED) is 0.735. The molecule has 0 aliphatic carbocycles. The average molecular weight is 295 g/mol. The van der Waals surface area contributed by atoms with Crippen molar-refractivity contribution in [1.29, 1.82) is 0 Å². The van der Waals surface area contributed by atoms with Crippen LogP contribution < -0.4 is 4.72 Å². The summed E-state index contributed by atoms with van der Waals surface area (Å²) in [5, 5.41) is 15.5. The van der Waals surface area contributed by atoms with Gasteiger partial charge in [-0.05, 0) is 18.1 Å². The fourth-order valence-electron chi connectivity index (χ4n) is 1.75. The summed E-state index contributed by atoms with van der Waals surface area (Å²) in [6, 6.07) is 6.83. The molecule has 0 saturated carbocycles. The number of benzene rings is 1. The Morgan fingerprint density at radius 2 is 1.90 bits per heavy atom. The minimum atomic E-state index is -3.40.